The number of carbonyl (C=O) groups is 2. The van der Waals surface area contributed by atoms with E-state index in [4.69, 9.17) is 10.8 Å². The summed E-state index contributed by atoms with van der Waals surface area (Å²) in [4.78, 5) is 25.8. The van der Waals surface area contributed by atoms with Gasteiger partial charge >= 0.3 is 12.1 Å². The van der Waals surface area contributed by atoms with Gasteiger partial charge in [-0.05, 0) is 12.0 Å². The number of amides is 1. The fourth-order valence-electron chi connectivity index (χ4n) is 2.34. The van der Waals surface area contributed by atoms with Crippen molar-refractivity contribution >= 4 is 12.1 Å². The molecule has 120 valence electrons. The Balaban J connectivity index is 2.21. The van der Waals surface area contributed by atoms with E-state index in [1.807, 2.05) is 51.1 Å². The Morgan fingerprint density at radius 3 is 2.55 bits per heavy atom. The van der Waals surface area contributed by atoms with Gasteiger partial charge < -0.3 is 9.47 Å². The predicted octanol–water partition coefficient (Wildman–Crippen LogP) is 3.33. The van der Waals surface area contributed by atoms with E-state index in [9.17, 15) is 9.59 Å². The van der Waals surface area contributed by atoms with Gasteiger partial charge in [-0.15, -0.1) is 0 Å². The van der Waals surface area contributed by atoms with Crippen molar-refractivity contribution in [3.8, 4) is 0 Å². The van der Waals surface area contributed by atoms with Gasteiger partial charge in [-0.3, -0.25) is 4.90 Å². The van der Waals surface area contributed by atoms with Crippen LogP contribution in [0.2, 0.25) is 0 Å². The van der Waals surface area contributed by atoms with Crippen molar-refractivity contribution in [3.05, 3.63) is 35.9 Å². The van der Waals surface area contributed by atoms with Crippen LogP contribution in [0.1, 0.15) is 41.0 Å². The molecule has 2 rings (SSSR count). The largest absolute Gasteiger partial charge is 0.444 e. The summed E-state index contributed by atoms with van der Waals surface area (Å²) in [5.74, 6) is -0.711. The van der Waals surface area contributed by atoms with Gasteiger partial charge in [0.1, 0.15) is 12.6 Å². The topological polar surface area (TPSA) is 55.8 Å². The van der Waals surface area contributed by atoms with Gasteiger partial charge in [0.15, 0.2) is 6.23 Å². The molecule has 1 fully saturated rings. The van der Waals surface area contributed by atoms with Crippen molar-refractivity contribution in [3.63, 3.8) is 0 Å². The Bertz CT molecular complexity index is 584. The van der Waals surface area contributed by atoms with Gasteiger partial charge in [-0.25, -0.2) is 9.59 Å². The molecule has 1 heterocycles. The molecule has 2 atom stereocenters. The maximum absolute atomic E-state index is 12.5. The summed E-state index contributed by atoms with van der Waals surface area (Å²) in [6, 6.07) is 7.52. The van der Waals surface area contributed by atoms with Crippen molar-refractivity contribution < 1.29 is 20.4 Å². The Hall–Kier alpha value is -2.04. The van der Waals surface area contributed by atoms with E-state index in [-0.39, 0.29) is 13.0 Å². The molecule has 0 saturated carbocycles. The molecule has 0 bridgehead atoms. The summed E-state index contributed by atoms with van der Waals surface area (Å²) in [7, 11) is 0. The fraction of sp³-hybridized carbons (Fsp3) is 0.529. The minimum Gasteiger partial charge on any atom is -0.444 e. The van der Waals surface area contributed by atoms with Gasteiger partial charge in [-0.1, -0.05) is 58.0 Å². The third-order valence-corrected chi connectivity index (χ3v) is 3.46. The Labute approximate surface area is 132 Å². The molecule has 1 aliphatic rings. The van der Waals surface area contributed by atoms with Crippen molar-refractivity contribution in [2.75, 3.05) is 0 Å². The van der Waals surface area contributed by atoms with Crippen LogP contribution in [0.25, 0.3) is 0 Å². The number of carbonyl (C=O) groups excluding carboxylic acids is 2. The minimum absolute atomic E-state index is 0.0843. The molecule has 22 heavy (non-hydrogen) atoms. The zero-order valence-electron chi connectivity index (χ0n) is 14.5. The van der Waals surface area contributed by atoms with Crippen LogP contribution < -0.4 is 0 Å². The van der Waals surface area contributed by atoms with E-state index in [1.54, 1.807) is 6.92 Å². The molecule has 0 unspecified atom stereocenters. The van der Waals surface area contributed by atoms with E-state index in [0.29, 0.717) is 0 Å². The van der Waals surface area contributed by atoms with Crippen LogP contribution in [0, 0.1) is 5.41 Å². The second kappa shape index (κ2) is 6.38. The number of hydrogen-bond donors (Lipinski definition) is 0. The van der Waals surface area contributed by atoms with Gasteiger partial charge in [0, 0.05) is 5.41 Å². The van der Waals surface area contributed by atoms with Crippen LogP contribution in [0.4, 0.5) is 4.79 Å². The van der Waals surface area contributed by atoms with Gasteiger partial charge in [0.25, 0.3) is 0 Å². The monoisotopic (exact) mass is 306 g/mol. The first-order valence-corrected chi connectivity index (χ1v) is 7.41. The van der Waals surface area contributed by atoms with Gasteiger partial charge in [0.2, 0.25) is 0 Å². The molecular formula is C17H23NO4. The highest BCUT2D eigenvalue weighted by Gasteiger charge is 2.49. The van der Waals surface area contributed by atoms with Crippen molar-refractivity contribution in [1.29, 1.82) is 0 Å². The molecular weight excluding hydrogens is 282 g/mol. The summed E-state index contributed by atoms with van der Waals surface area (Å²) in [6.07, 6.45) is -1.40. The normalized spacial score (nSPS) is 25.6. The standard InChI is InChI=1S/C17H23NO4/c1-5-13-14(19)22-15(17(2,3)4)18(13)16(20)21-11-12-9-7-6-8-10-12/h6-10,13,15H,5,11H2,1-4H3/t13-,15-/m0/s1/i13D. The summed E-state index contributed by atoms with van der Waals surface area (Å²) in [5.41, 5.74) is 0.325. The molecule has 0 radical (unpaired) electrons. The highest BCUT2D eigenvalue weighted by Crippen LogP contribution is 2.34. The lowest BCUT2D eigenvalue weighted by molar-refractivity contribution is -0.147. The van der Waals surface area contributed by atoms with E-state index < -0.39 is 29.7 Å². The second-order valence-electron chi connectivity index (χ2n) is 6.33. The summed E-state index contributed by atoms with van der Waals surface area (Å²) >= 11 is 0. The Kier molecular flexibility index (Phi) is 4.32. The summed E-state index contributed by atoms with van der Waals surface area (Å²) < 4.78 is 19.0. The molecule has 0 aromatic heterocycles. The number of esters is 1. The van der Waals surface area contributed by atoms with Crippen molar-refractivity contribution in [1.82, 2.24) is 4.90 Å². The SMILES string of the molecule is [2H][C@]1(CC)C(=O)O[C@@H](C(C)(C)C)N1C(=O)OCc1ccccc1. The number of hydrogen-bond acceptors (Lipinski definition) is 4. The van der Waals surface area contributed by atoms with Crippen LogP contribution in [-0.4, -0.2) is 29.2 Å². The van der Waals surface area contributed by atoms with E-state index in [2.05, 4.69) is 0 Å². The maximum Gasteiger partial charge on any atom is 0.413 e. The maximum atomic E-state index is 12.5. The van der Waals surface area contributed by atoms with Gasteiger partial charge in [0.05, 0.1) is 1.37 Å². The molecule has 0 N–H and O–H groups in total. The Morgan fingerprint density at radius 2 is 2.00 bits per heavy atom. The smallest absolute Gasteiger partial charge is 0.413 e. The molecule has 1 aromatic rings. The van der Waals surface area contributed by atoms with Crippen molar-refractivity contribution in [2.45, 2.75) is 53.0 Å². The van der Waals surface area contributed by atoms with E-state index in [0.717, 1.165) is 10.5 Å². The lowest BCUT2D eigenvalue weighted by Gasteiger charge is -2.33. The first-order chi connectivity index (χ1) is 10.7. The number of cyclic esters (lactones) is 1. The molecule has 0 aliphatic carbocycles. The molecule has 1 amide bonds. The van der Waals surface area contributed by atoms with E-state index >= 15 is 0 Å². The highest BCUT2D eigenvalue weighted by atomic mass is 16.6. The number of benzene rings is 1. The lowest BCUT2D eigenvalue weighted by Crippen LogP contribution is -2.47. The molecule has 1 aromatic carbocycles. The van der Waals surface area contributed by atoms with Crippen LogP contribution in [0.5, 0.6) is 0 Å². The van der Waals surface area contributed by atoms with Crippen molar-refractivity contribution in [2.24, 2.45) is 5.41 Å². The second-order valence-corrected chi connectivity index (χ2v) is 6.33. The molecule has 5 nitrogen and oxygen atoms in total. The van der Waals surface area contributed by atoms with Crippen LogP contribution in [0.15, 0.2) is 30.3 Å². The van der Waals surface area contributed by atoms with E-state index in [1.165, 1.54) is 0 Å². The average molecular weight is 306 g/mol. The fourth-order valence-corrected chi connectivity index (χ4v) is 2.34. The number of ether oxygens (including phenoxy) is 2. The zero-order valence-corrected chi connectivity index (χ0v) is 13.5. The summed E-state index contributed by atoms with van der Waals surface area (Å²) in [6.45, 7) is 7.31. The molecule has 5 heteroatoms. The first kappa shape index (κ1) is 14.9. The quantitative estimate of drug-likeness (QED) is 0.804. The highest BCUT2D eigenvalue weighted by molar-refractivity contribution is 5.84. The zero-order chi connectivity index (χ0) is 17.3. The van der Waals surface area contributed by atoms with Gasteiger partial charge in [-0.2, -0.15) is 0 Å². The third kappa shape index (κ3) is 3.40. The number of nitrogens with zero attached hydrogens (tertiary/aromatic N) is 1. The average Bonchev–Trinajstić information content (AvgIpc) is 2.78. The summed E-state index contributed by atoms with van der Waals surface area (Å²) in [5, 5.41) is 0. The minimum atomic E-state index is -1.74. The number of rotatable bonds is 3. The third-order valence-electron chi connectivity index (χ3n) is 3.46. The lowest BCUT2D eigenvalue weighted by atomic mass is 9.93. The molecule has 1 saturated heterocycles. The van der Waals surface area contributed by atoms with Crippen LogP contribution in [-0.2, 0) is 20.9 Å². The predicted molar refractivity (Wildman–Crippen MR) is 81.9 cm³/mol. The first-order valence-electron chi connectivity index (χ1n) is 7.91. The van der Waals surface area contributed by atoms with Crippen LogP contribution >= 0.6 is 0 Å². The Morgan fingerprint density at radius 1 is 1.36 bits per heavy atom. The van der Waals surface area contributed by atoms with Crippen LogP contribution in [0.3, 0.4) is 0 Å². The molecule has 1 aliphatic heterocycles. The molecule has 0 spiro atoms.